The molecule has 146 valence electrons. The highest BCUT2D eigenvalue weighted by molar-refractivity contribution is 7.09. The molecule has 1 saturated heterocycles. The Morgan fingerprint density at radius 1 is 1.41 bits per heavy atom. The maximum absolute atomic E-state index is 12.4. The summed E-state index contributed by atoms with van der Waals surface area (Å²) in [6, 6.07) is 8.18. The van der Waals surface area contributed by atoms with Gasteiger partial charge in [-0.15, -0.1) is 11.3 Å². The highest BCUT2D eigenvalue weighted by atomic mass is 32.1. The molecule has 0 radical (unpaired) electrons. The van der Waals surface area contributed by atoms with Crippen LogP contribution in [0.3, 0.4) is 0 Å². The molecule has 2 aromatic rings. The quantitative estimate of drug-likeness (QED) is 0.783. The van der Waals surface area contributed by atoms with Gasteiger partial charge >= 0.3 is 0 Å². The van der Waals surface area contributed by atoms with Crippen LogP contribution in [0.2, 0.25) is 0 Å². The van der Waals surface area contributed by atoms with Crippen molar-refractivity contribution in [3.63, 3.8) is 0 Å². The molecule has 1 aliphatic heterocycles. The van der Waals surface area contributed by atoms with Crippen LogP contribution in [0.1, 0.15) is 43.3 Å². The second-order valence-corrected chi connectivity index (χ2v) is 8.39. The number of amides is 1. The van der Waals surface area contributed by atoms with Crippen molar-refractivity contribution in [1.29, 1.82) is 0 Å². The van der Waals surface area contributed by atoms with E-state index in [0.29, 0.717) is 5.92 Å². The summed E-state index contributed by atoms with van der Waals surface area (Å²) in [5.41, 5.74) is 1.21. The molecular formula is C21H29N3O2S. The Balaban J connectivity index is 1.73. The molecule has 5 nitrogen and oxygen atoms in total. The van der Waals surface area contributed by atoms with Crippen LogP contribution in [0.4, 0.5) is 0 Å². The number of hydrogen-bond acceptors (Lipinski definition) is 5. The van der Waals surface area contributed by atoms with Gasteiger partial charge in [0.25, 0.3) is 0 Å². The largest absolute Gasteiger partial charge is 0.496 e. The minimum atomic E-state index is -0.0271. The van der Waals surface area contributed by atoms with Crippen molar-refractivity contribution in [2.75, 3.05) is 20.2 Å². The van der Waals surface area contributed by atoms with Gasteiger partial charge in [-0.3, -0.25) is 9.69 Å². The van der Waals surface area contributed by atoms with E-state index in [9.17, 15) is 4.79 Å². The number of ether oxygens (including phenoxy) is 1. The Hall–Kier alpha value is -1.92. The maximum atomic E-state index is 12.4. The summed E-state index contributed by atoms with van der Waals surface area (Å²) in [5.74, 6) is 1.37. The summed E-state index contributed by atoms with van der Waals surface area (Å²) < 4.78 is 5.51. The first-order chi connectivity index (χ1) is 13.1. The van der Waals surface area contributed by atoms with Gasteiger partial charge in [0.05, 0.1) is 13.2 Å². The van der Waals surface area contributed by atoms with Gasteiger partial charge in [-0.05, 0) is 31.4 Å². The van der Waals surface area contributed by atoms with E-state index in [2.05, 4.69) is 27.3 Å². The summed E-state index contributed by atoms with van der Waals surface area (Å²) in [6.07, 6.45) is 4.05. The van der Waals surface area contributed by atoms with E-state index in [1.807, 2.05) is 37.6 Å². The first-order valence-electron chi connectivity index (χ1n) is 9.62. The fourth-order valence-corrected chi connectivity index (χ4v) is 4.45. The first kappa shape index (κ1) is 19.8. The number of aromatic nitrogens is 1. The predicted molar refractivity (Wildman–Crippen MR) is 109 cm³/mol. The lowest BCUT2D eigenvalue weighted by atomic mass is 9.90. The lowest BCUT2D eigenvalue weighted by Crippen LogP contribution is -2.43. The van der Waals surface area contributed by atoms with Gasteiger partial charge in [-0.1, -0.05) is 32.0 Å². The molecule has 3 rings (SSSR count). The van der Waals surface area contributed by atoms with Gasteiger partial charge in [0.1, 0.15) is 10.8 Å². The number of methoxy groups -OCH3 is 1. The summed E-state index contributed by atoms with van der Waals surface area (Å²) in [5, 5.41) is 6.25. The molecule has 1 N–H and O–H groups in total. The lowest BCUT2D eigenvalue weighted by Gasteiger charge is -2.37. The van der Waals surface area contributed by atoms with E-state index in [-0.39, 0.29) is 17.9 Å². The molecule has 1 aromatic carbocycles. The van der Waals surface area contributed by atoms with Crippen molar-refractivity contribution in [1.82, 2.24) is 15.2 Å². The van der Waals surface area contributed by atoms with Crippen LogP contribution in [0, 0.1) is 11.8 Å². The molecule has 0 spiro atoms. The molecule has 6 heteroatoms. The highest BCUT2D eigenvalue weighted by Crippen LogP contribution is 2.32. The smallest absolute Gasteiger partial charge is 0.223 e. The van der Waals surface area contributed by atoms with Crippen molar-refractivity contribution in [2.24, 2.45) is 11.8 Å². The van der Waals surface area contributed by atoms with Crippen molar-refractivity contribution in [3.8, 4) is 5.75 Å². The molecule has 1 amide bonds. The van der Waals surface area contributed by atoms with Crippen LogP contribution in [-0.4, -0.2) is 36.0 Å². The number of nitrogens with zero attached hydrogens (tertiary/aromatic N) is 2. The Morgan fingerprint density at radius 3 is 2.93 bits per heavy atom. The van der Waals surface area contributed by atoms with Gasteiger partial charge < -0.3 is 10.1 Å². The predicted octanol–water partition coefficient (Wildman–Crippen LogP) is 3.88. The van der Waals surface area contributed by atoms with E-state index < -0.39 is 0 Å². The molecule has 0 aliphatic carbocycles. The van der Waals surface area contributed by atoms with Crippen molar-refractivity contribution in [2.45, 2.75) is 39.3 Å². The zero-order valence-corrected chi connectivity index (χ0v) is 17.2. The third-order valence-electron chi connectivity index (χ3n) is 5.14. The van der Waals surface area contributed by atoms with Gasteiger partial charge in [0.15, 0.2) is 0 Å². The molecule has 2 unspecified atom stereocenters. The number of rotatable bonds is 7. The zero-order valence-electron chi connectivity index (χ0n) is 16.4. The zero-order chi connectivity index (χ0) is 19.2. The summed E-state index contributed by atoms with van der Waals surface area (Å²) >= 11 is 1.63. The topological polar surface area (TPSA) is 54.5 Å². The van der Waals surface area contributed by atoms with E-state index in [0.717, 1.165) is 43.2 Å². The van der Waals surface area contributed by atoms with E-state index in [1.54, 1.807) is 18.4 Å². The standard InChI is InChI=1S/C21H29N3O2S/c1-15(2)20(25)23-19(21-22-10-12-27-21)17-8-6-11-24(14-17)13-16-7-4-5-9-18(16)26-3/h4-5,7,9-10,12,15,17,19H,6,8,11,13-14H2,1-3H3,(H,23,25). The number of thiazole rings is 1. The fraction of sp³-hybridized carbons (Fsp3) is 0.524. The number of carbonyl (C=O) groups excluding carboxylic acids is 1. The minimum Gasteiger partial charge on any atom is -0.496 e. The van der Waals surface area contributed by atoms with Crippen molar-refractivity contribution >= 4 is 17.2 Å². The Morgan fingerprint density at radius 2 is 2.22 bits per heavy atom. The van der Waals surface area contributed by atoms with Crippen LogP contribution < -0.4 is 10.1 Å². The summed E-state index contributed by atoms with van der Waals surface area (Å²) in [7, 11) is 1.72. The maximum Gasteiger partial charge on any atom is 0.223 e. The number of carbonyl (C=O) groups is 1. The number of piperidine rings is 1. The third kappa shape index (κ3) is 5.08. The fourth-order valence-electron chi connectivity index (χ4n) is 3.67. The molecule has 0 saturated carbocycles. The van der Waals surface area contributed by atoms with Crippen LogP contribution in [0.25, 0.3) is 0 Å². The Bertz CT molecular complexity index is 733. The average molecular weight is 388 g/mol. The number of para-hydroxylation sites is 1. The van der Waals surface area contributed by atoms with Gasteiger partial charge in [-0.25, -0.2) is 4.98 Å². The van der Waals surface area contributed by atoms with Gasteiger partial charge in [0, 0.05) is 36.1 Å². The Kier molecular flexibility index (Phi) is 6.85. The van der Waals surface area contributed by atoms with Crippen LogP contribution >= 0.6 is 11.3 Å². The SMILES string of the molecule is COc1ccccc1CN1CCCC(C(NC(=O)C(C)C)c2nccs2)C1. The number of nitrogens with one attached hydrogen (secondary N) is 1. The second-order valence-electron chi connectivity index (χ2n) is 7.46. The number of hydrogen-bond donors (Lipinski definition) is 1. The third-order valence-corrected chi connectivity index (χ3v) is 6.00. The second kappa shape index (κ2) is 9.33. The lowest BCUT2D eigenvalue weighted by molar-refractivity contribution is -0.125. The summed E-state index contributed by atoms with van der Waals surface area (Å²) in [6.45, 7) is 6.74. The van der Waals surface area contributed by atoms with Crippen LogP contribution in [0.15, 0.2) is 35.8 Å². The average Bonchev–Trinajstić information content (AvgIpc) is 3.21. The molecule has 1 fully saturated rings. The van der Waals surface area contributed by atoms with Crippen LogP contribution in [0.5, 0.6) is 5.75 Å². The van der Waals surface area contributed by atoms with Gasteiger partial charge in [0.2, 0.25) is 5.91 Å². The summed E-state index contributed by atoms with van der Waals surface area (Å²) in [4.78, 5) is 19.4. The normalized spacial score (nSPS) is 19.0. The molecule has 1 aliphatic rings. The molecule has 2 heterocycles. The van der Waals surface area contributed by atoms with E-state index in [4.69, 9.17) is 4.74 Å². The molecular weight excluding hydrogens is 358 g/mol. The van der Waals surface area contributed by atoms with Crippen LogP contribution in [-0.2, 0) is 11.3 Å². The number of benzene rings is 1. The Labute approximate surface area is 165 Å². The number of likely N-dealkylation sites (tertiary alicyclic amines) is 1. The van der Waals surface area contributed by atoms with Crippen molar-refractivity contribution < 1.29 is 9.53 Å². The first-order valence-corrected chi connectivity index (χ1v) is 10.5. The van der Waals surface area contributed by atoms with Crippen molar-refractivity contribution in [3.05, 3.63) is 46.4 Å². The molecule has 2 atom stereocenters. The van der Waals surface area contributed by atoms with E-state index >= 15 is 0 Å². The molecule has 27 heavy (non-hydrogen) atoms. The highest BCUT2D eigenvalue weighted by Gasteiger charge is 2.31. The monoisotopic (exact) mass is 387 g/mol. The minimum absolute atomic E-state index is 0.0135. The van der Waals surface area contributed by atoms with E-state index in [1.165, 1.54) is 5.56 Å². The van der Waals surface area contributed by atoms with Gasteiger partial charge in [-0.2, -0.15) is 0 Å². The molecule has 0 bridgehead atoms. The molecule has 1 aromatic heterocycles.